The van der Waals surface area contributed by atoms with Crippen LogP contribution in [0.5, 0.6) is 0 Å². The lowest BCUT2D eigenvalue weighted by molar-refractivity contribution is -0.122. The zero-order valence-corrected chi connectivity index (χ0v) is 11.4. The number of aliphatic hydroxyl groups excluding tert-OH is 2. The van der Waals surface area contributed by atoms with Crippen LogP contribution in [-0.2, 0) is 4.74 Å². The van der Waals surface area contributed by atoms with Crippen molar-refractivity contribution >= 4 is 17.1 Å². The molecule has 12 nitrogen and oxygen atoms in total. The normalized spacial score (nSPS) is 30.5. The van der Waals surface area contributed by atoms with Crippen LogP contribution in [0.15, 0.2) is 16.2 Å². The Morgan fingerprint density at radius 3 is 3.09 bits per heavy atom. The number of alkyl halides is 1. The van der Waals surface area contributed by atoms with Crippen LogP contribution in [0.4, 0.5) is 10.3 Å². The lowest BCUT2D eigenvalue weighted by Crippen LogP contribution is -2.43. The van der Waals surface area contributed by atoms with Crippen LogP contribution >= 0.6 is 0 Å². The Balaban J connectivity index is 2.13. The van der Waals surface area contributed by atoms with Crippen molar-refractivity contribution in [1.82, 2.24) is 19.5 Å². The Morgan fingerprint density at radius 1 is 1.70 bits per heavy atom. The molecule has 1 aliphatic rings. The van der Waals surface area contributed by atoms with E-state index >= 15 is 0 Å². The Kier molecular flexibility index (Phi) is 3.41. The fraction of sp³-hybridized carbons (Fsp3) is 0.500. The summed E-state index contributed by atoms with van der Waals surface area (Å²) in [5.41, 5.74) is 10.9. The zero-order chi connectivity index (χ0) is 16.8. The van der Waals surface area contributed by atoms with E-state index in [1.54, 1.807) is 0 Å². The molecule has 3 heterocycles. The van der Waals surface area contributed by atoms with Gasteiger partial charge in [0.1, 0.15) is 6.10 Å². The van der Waals surface area contributed by atoms with Crippen LogP contribution in [-0.4, -0.2) is 54.3 Å². The summed E-state index contributed by atoms with van der Waals surface area (Å²) in [5.74, 6) is -0.221. The van der Waals surface area contributed by atoms with Gasteiger partial charge in [-0.15, -0.1) is 0 Å². The second kappa shape index (κ2) is 5.17. The minimum absolute atomic E-state index is 0.0826. The van der Waals surface area contributed by atoms with Gasteiger partial charge in [-0.25, -0.2) is 9.37 Å². The van der Waals surface area contributed by atoms with Crippen molar-refractivity contribution in [3.63, 3.8) is 0 Å². The molecule has 5 N–H and O–H groups in total. The van der Waals surface area contributed by atoms with Gasteiger partial charge >= 0.3 is 0 Å². The van der Waals surface area contributed by atoms with Crippen LogP contribution in [0.3, 0.4) is 0 Å². The number of nitrogens with zero attached hydrogens (tertiary/aromatic N) is 6. The molecule has 2 aromatic heterocycles. The topological polar surface area (TPSA) is 188 Å². The number of anilines is 1. The first-order chi connectivity index (χ1) is 10.9. The zero-order valence-electron chi connectivity index (χ0n) is 11.4. The number of rotatable bonds is 3. The predicted molar refractivity (Wildman–Crippen MR) is 72.5 cm³/mol. The van der Waals surface area contributed by atoms with Crippen LogP contribution in [0.2, 0.25) is 0 Å². The molecular formula is C10H11FN8O4. The van der Waals surface area contributed by atoms with Gasteiger partial charge in [0.15, 0.2) is 23.6 Å². The third kappa shape index (κ3) is 2.10. The highest BCUT2D eigenvalue weighted by Crippen LogP contribution is 2.40. The van der Waals surface area contributed by atoms with E-state index in [0.717, 1.165) is 10.9 Å². The number of nitrogen functional groups attached to an aromatic ring is 1. The standard InChI is InChI=1S/C10H11FN8O4/c11-3-5(21)10(1-20,17-18-13)23-8(3)19-2-14-4-6(19)15-9(12)16-7(4)22/h2-3,5,8,20-21H,1H2,(H3,12,15,16,22)/t3?,5?,8-,10-/m1/s1. The molecule has 13 heteroatoms. The van der Waals surface area contributed by atoms with Crippen molar-refractivity contribution in [3.05, 3.63) is 27.1 Å². The summed E-state index contributed by atoms with van der Waals surface area (Å²) < 4.78 is 20.7. The van der Waals surface area contributed by atoms with Crippen LogP contribution in [0, 0.1) is 0 Å². The number of halogens is 1. The van der Waals surface area contributed by atoms with E-state index in [4.69, 9.17) is 16.0 Å². The summed E-state index contributed by atoms with van der Waals surface area (Å²) >= 11 is 0. The van der Waals surface area contributed by atoms with Crippen molar-refractivity contribution in [2.24, 2.45) is 5.11 Å². The number of azide groups is 1. The second-order valence-corrected chi connectivity index (χ2v) is 4.87. The highest BCUT2D eigenvalue weighted by atomic mass is 19.1. The van der Waals surface area contributed by atoms with Gasteiger partial charge in [-0.2, -0.15) is 4.98 Å². The Hall–Kier alpha value is -2.73. The second-order valence-electron chi connectivity index (χ2n) is 4.87. The highest BCUT2D eigenvalue weighted by Gasteiger charge is 2.56. The number of imidazole rings is 1. The number of nitrogens with one attached hydrogen (secondary N) is 1. The van der Waals surface area contributed by atoms with Gasteiger partial charge in [-0.1, -0.05) is 5.11 Å². The molecule has 2 aromatic rings. The molecule has 0 saturated carbocycles. The number of aromatic nitrogens is 4. The van der Waals surface area contributed by atoms with Crippen molar-refractivity contribution in [1.29, 1.82) is 0 Å². The summed E-state index contributed by atoms with van der Waals surface area (Å²) in [4.78, 5) is 24.0. The van der Waals surface area contributed by atoms with Gasteiger partial charge in [-0.3, -0.25) is 14.3 Å². The van der Waals surface area contributed by atoms with Gasteiger partial charge in [0.2, 0.25) is 11.7 Å². The maximum atomic E-state index is 14.4. The van der Waals surface area contributed by atoms with Gasteiger partial charge in [-0.05, 0) is 5.53 Å². The van der Waals surface area contributed by atoms with E-state index < -0.39 is 36.4 Å². The van der Waals surface area contributed by atoms with Crippen molar-refractivity contribution < 1.29 is 19.3 Å². The minimum atomic E-state index is -2.19. The summed E-state index contributed by atoms with van der Waals surface area (Å²) in [5, 5.41) is 22.4. The number of hydrogen-bond donors (Lipinski definition) is 4. The monoisotopic (exact) mass is 326 g/mol. The lowest BCUT2D eigenvalue weighted by Gasteiger charge is -2.23. The summed E-state index contributed by atoms with van der Waals surface area (Å²) in [6, 6.07) is 0. The fourth-order valence-corrected chi connectivity index (χ4v) is 2.41. The first-order valence-corrected chi connectivity index (χ1v) is 6.33. The quantitative estimate of drug-likeness (QED) is 0.313. The molecule has 0 aliphatic carbocycles. The maximum Gasteiger partial charge on any atom is 0.280 e. The van der Waals surface area contributed by atoms with Gasteiger partial charge < -0.3 is 20.7 Å². The Labute approximate surface area is 126 Å². The summed E-state index contributed by atoms with van der Waals surface area (Å²) in [7, 11) is 0. The molecule has 1 saturated heterocycles. The number of aliphatic hydroxyl groups is 2. The van der Waals surface area contributed by atoms with Crippen LogP contribution < -0.4 is 11.3 Å². The molecule has 23 heavy (non-hydrogen) atoms. The molecule has 3 rings (SSSR count). The summed E-state index contributed by atoms with van der Waals surface area (Å²) in [6.07, 6.45) is -4.46. The van der Waals surface area contributed by atoms with Crippen molar-refractivity contribution in [2.75, 3.05) is 12.3 Å². The molecule has 0 amide bonds. The minimum Gasteiger partial charge on any atom is -0.393 e. The van der Waals surface area contributed by atoms with Gasteiger partial charge in [0, 0.05) is 4.91 Å². The molecule has 4 atom stereocenters. The van der Waals surface area contributed by atoms with Gasteiger partial charge in [0.05, 0.1) is 12.9 Å². The molecule has 1 aliphatic heterocycles. The largest absolute Gasteiger partial charge is 0.393 e. The summed E-state index contributed by atoms with van der Waals surface area (Å²) in [6.45, 7) is -0.947. The fourth-order valence-electron chi connectivity index (χ4n) is 2.41. The van der Waals surface area contributed by atoms with E-state index in [2.05, 4.69) is 25.0 Å². The molecule has 1 fully saturated rings. The molecule has 0 aromatic carbocycles. The average Bonchev–Trinajstić information content (AvgIpc) is 3.03. The lowest BCUT2D eigenvalue weighted by atomic mass is 10.1. The SMILES string of the molecule is [N-]=[N+]=N[C@]1(CO)O[C@@H](n2cnc3c(=O)[nH]c(N)nc32)C(F)C1O. The number of aromatic amines is 1. The number of hydrogen-bond acceptors (Lipinski definition) is 8. The third-order valence-electron chi connectivity index (χ3n) is 3.53. The number of nitrogens with two attached hydrogens (primary N) is 1. The Morgan fingerprint density at radius 2 is 2.43 bits per heavy atom. The Bertz CT molecular complexity index is 860. The highest BCUT2D eigenvalue weighted by molar-refractivity contribution is 5.70. The predicted octanol–water partition coefficient (Wildman–Crippen LogP) is -1.07. The van der Waals surface area contributed by atoms with Crippen LogP contribution in [0.1, 0.15) is 6.23 Å². The van der Waals surface area contributed by atoms with Gasteiger partial charge in [0.25, 0.3) is 5.56 Å². The first kappa shape index (κ1) is 15.2. The number of ether oxygens (including phenoxy) is 1. The molecule has 2 unspecified atom stereocenters. The maximum absolute atomic E-state index is 14.4. The number of H-pyrrole nitrogens is 1. The molecule has 0 bridgehead atoms. The van der Waals surface area contributed by atoms with E-state index in [1.165, 1.54) is 0 Å². The number of fused-ring (bicyclic) bond motifs is 1. The average molecular weight is 326 g/mol. The van der Waals surface area contributed by atoms with Crippen molar-refractivity contribution in [2.45, 2.75) is 24.2 Å². The van der Waals surface area contributed by atoms with Crippen molar-refractivity contribution in [3.8, 4) is 0 Å². The van der Waals surface area contributed by atoms with E-state index in [-0.39, 0.29) is 17.1 Å². The van der Waals surface area contributed by atoms with E-state index in [0.29, 0.717) is 0 Å². The molecule has 0 radical (unpaired) electrons. The molecule has 0 spiro atoms. The smallest absolute Gasteiger partial charge is 0.280 e. The van der Waals surface area contributed by atoms with Crippen LogP contribution in [0.25, 0.3) is 21.6 Å². The first-order valence-electron chi connectivity index (χ1n) is 6.33. The van der Waals surface area contributed by atoms with E-state index in [1.807, 2.05) is 0 Å². The molecule has 122 valence electrons. The third-order valence-corrected chi connectivity index (χ3v) is 3.53. The molecular weight excluding hydrogens is 315 g/mol. The van der Waals surface area contributed by atoms with E-state index in [9.17, 15) is 19.4 Å².